The highest BCUT2D eigenvalue weighted by Crippen LogP contribution is 2.35. The molecule has 0 radical (unpaired) electrons. The number of hydrogen-bond acceptors (Lipinski definition) is 5. The molecule has 5 nitrogen and oxygen atoms in total. The molecule has 0 aliphatic carbocycles. The van der Waals surface area contributed by atoms with Crippen LogP contribution in [-0.2, 0) is 10.0 Å². The number of sulfonamides is 1. The Balaban J connectivity index is 1.78. The molecule has 142 valence electrons. The fourth-order valence-corrected chi connectivity index (χ4v) is 4.34. The van der Waals surface area contributed by atoms with E-state index in [1.54, 1.807) is 14.1 Å². The molecular formula is C20H22N2O3S2. The van der Waals surface area contributed by atoms with Gasteiger partial charge in [0.25, 0.3) is 5.22 Å². The van der Waals surface area contributed by atoms with Gasteiger partial charge in [0.05, 0.1) is 5.75 Å². The van der Waals surface area contributed by atoms with Gasteiger partial charge in [0.15, 0.2) is 5.76 Å². The predicted molar refractivity (Wildman–Crippen MR) is 110 cm³/mol. The van der Waals surface area contributed by atoms with E-state index in [-0.39, 0.29) is 5.75 Å². The van der Waals surface area contributed by atoms with E-state index < -0.39 is 10.0 Å². The number of benzene rings is 2. The molecule has 0 fully saturated rings. The van der Waals surface area contributed by atoms with Crippen molar-refractivity contribution in [2.24, 2.45) is 0 Å². The Morgan fingerprint density at radius 1 is 0.963 bits per heavy atom. The summed E-state index contributed by atoms with van der Waals surface area (Å²) in [5, 5.41) is 0.551. The fourth-order valence-electron chi connectivity index (χ4n) is 2.52. The van der Waals surface area contributed by atoms with Gasteiger partial charge in [0.2, 0.25) is 10.0 Å². The van der Waals surface area contributed by atoms with Crippen molar-refractivity contribution < 1.29 is 12.8 Å². The van der Waals surface area contributed by atoms with E-state index in [4.69, 9.17) is 4.42 Å². The zero-order valence-electron chi connectivity index (χ0n) is 15.3. The number of thioether (sulfide) groups is 1. The maximum absolute atomic E-state index is 11.8. The Labute approximate surface area is 164 Å². The van der Waals surface area contributed by atoms with Gasteiger partial charge in [-0.15, -0.1) is 0 Å². The van der Waals surface area contributed by atoms with Crippen LogP contribution in [0.5, 0.6) is 0 Å². The monoisotopic (exact) mass is 402 g/mol. The summed E-state index contributed by atoms with van der Waals surface area (Å²) in [6.07, 6.45) is 0.537. The topological polar surface area (TPSA) is 63.4 Å². The maximum atomic E-state index is 11.8. The van der Waals surface area contributed by atoms with Gasteiger partial charge in [0.1, 0.15) is 5.69 Å². The van der Waals surface area contributed by atoms with Gasteiger partial charge in [-0.05, 0) is 6.42 Å². The molecule has 0 spiro atoms. The smallest absolute Gasteiger partial charge is 0.256 e. The third kappa shape index (κ3) is 5.00. The first-order valence-corrected chi connectivity index (χ1v) is 11.2. The van der Waals surface area contributed by atoms with Crippen LogP contribution in [0.15, 0.2) is 70.3 Å². The second-order valence-electron chi connectivity index (χ2n) is 6.19. The molecule has 0 saturated heterocycles. The van der Waals surface area contributed by atoms with E-state index in [9.17, 15) is 8.42 Å². The molecule has 0 bridgehead atoms. The summed E-state index contributed by atoms with van der Waals surface area (Å²) in [5.41, 5.74) is 2.75. The maximum Gasteiger partial charge on any atom is 0.256 e. The van der Waals surface area contributed by atoms with Crippen LogP contribution in [0.4, 0.5) is 0 Å². The lowest BCUT2D eigenvalue weighted by atomic mass is 10.1. The molecule has 0 N–H and O–H groups in total. The number of rotatable bonds is 8. The summed E-state index contributed by atoms with van der Waals surface area (Å²) in [6, 6.07) is 19.8. The van der Waals surface area contributed by atoms with E-state index in [0.717, 1.165) is 22.6 Å². The van der Waals surface area contributed by atoms with Crippen molar-refractivity contribution in [3.63, 3.8) is 0 Å². The first-order chi connectivity index (χ1) is 13.0. The number of hydrogen-bond donors (Lipinski definition) is 0. The van der Waals surface area contributed by atoms with Gasteiger partial charge in [-0.1, -0.05) is 72.4 Å². The van der Waals surface area contributed by atoms with Gasteiger partial charge < -0.3 is 4.42 Å². The Kier molecular flexibility index (Phi) is 6.36. The van der Waals surface area contributed by atoms with Crippen molar-refractivity contribution in [3.8, 4) is 22.6 Å². The summed E-state index contributed by atoms with van der Waals surface area (Å²) in [6.45, 7) is 0. The first kappa shape index (κ1) is 19.7. The van der Waals surface area contributed by atoms with Crippen LogP contribution in [0, 0.1) is 0 Å². The van der Waals surface area contributed by atoms with Crippen LogP contribution in [-0.4, -0.2) is 43.3 Å². The van der Waals surface area contributed by atoms with E-state index in [1.807, 2.05) is 60.7 Å². The minimum absolute atomic E-state index is 0.116. The van der Waals surface area contributed by atoms with Crippen LogP contribution in [0.25, 0.3) is 22.6 Å². The second kappa shape index (κ2) is 8.73. The van der Waals surface area contributed by atoms with E-state index in [2.05, 4.69) is 4.98 Å². The quantitative estimate of drug-likeness (QED) is 0.413. The summed E-state index contributed by atoms with van der Waals surface area (Å²) in [4.78, 5) is 4.66. The molecule has 1 aromatic heterocycles. The molecule has 1 heterocycles. The Hall–Kier alpha value is -2.09. The Bertz CT molecular complexity index is 912. The van der Waals surface area contributed by atoms with Crippen molar-refractivity contribution in [1.82, 2.24) is 9.29 Å². The Morgan fingerprint density at radius 3 is 2.15 bits per heavy atom. The lowest BCUT2D eigenvalue weighted by Crippen LogP contribution is -2.25. The molecule has 0 amide bonds. The van der Waals surface area contributed by atoms with E-state index in [0.29, 0.717) is 17.4 Å². The normalized spacial score (nSPS) is 11.8. The minimum Gasteiger partial charge on any atom is -0.431 e. The molecule has 7 heteroatoms. The van der Waals surface area contributed by atoms with Crippen molar-refractivity contribution in [2.75, 3.05) is 25.6 Å². The third-order valence-corrected chi connectivity index (χ3v) is 6.85. The molecule has 0 saturated carbocycles. The average Bonchev–Trinajstić information content (AvgIpc) is 3.11. The molecule has 3 aromatic rings. The standard InChI is InChI=1S/C20H22N2O3S2/c1-22(2)27(23,24)15-9-14-26-20-21-18(16-10-5-3-6-11-16)19(25-20)17-12-7-4-8-13-17/h3-8,10-13H,9,14-15H2,1-2H3. The molecule has 3 rings (SSSR count). The van der Waals surface area contributed by atoms with Gasteiger partial charge in [-0.25, -0.2) is 17.7 Å². The van der Waals surface area contributed by atoms with Gasteiger partial charge in [0, 0.05) is 31.0 Å². The second-order valence-corrected chi connectivity index (χ2v) is 9.54. The average molecular weight is 403 g/mol. The minimum atomic E-state index is -3.17. The Morgan fingerprint density at radius 2 is 1.56 bits per heavy atom. The zero-order valence-corrected chi connectivity index (χ0v) is 17.0. The molecular weight excluding hydrogens is 380 g/mol. The van der Waals surface area contributed by atoms with Crippen LogP contribution < -0.4 is 0 Å². The zero-order chi connectivity index (χ0) is 19.3. The molecule has 0 aliphatic heterocycles. The summed E-state index contributed by atoms with van der Waals surface area (Å²) >= 11 is 1.44. The lowest BCUT2D eigenvalue weighted by Gasteiger charge is -2.10. The molecule has 27 heavy (non-hydrogen) atoms. The third-order valence-electron chi connectivity index (χ3n) is 4.02. The van der Waals surface area contributed by atoms with Crippen molar-refractivity contribution in [2.45, 2.75) is 11.6 Å². The summed E-state index contributed by atoms with van der Waals surface area (Å²) in [5.74, 6) is 1.46. The number of nitrogens with zero attached hydrogens (tertiary/aromatic N) is 2. The van der Waals surface area contributed by atoms with Crippen molar-refractivity contribution in [3.05, 3.63) is 60.7 Å². The lowest BCUT2D eigenvalue weighted by molar-refractivity contribution is 0.466. The SMILES string of the molecule is CN(C)S(=O)(=O)CCCSc1nc(-c2ccccc2)c(-c2ccccc2)o1. The van der Waals surface area contributed by atoms with Crippen LogP contribution in [0.1, 0.15) is 6.42 Å². The summed E-state index contributed by atoms with van der Waals surface area (Å²) in [7, 11) is -0.0717. The van der Waals surface area contributed by atoms with Gasteiger partial charge >= 0.3 is 0 Å². The first-order valence-electron chi connectivity index (χ1n) is 8.62. The highest BCUT2D eigenvalue weighted by Gasteiger charge is 2.18. The van der Waals surface area contributed by atoms with E-state index >= 15 is 0 Å². The molecule has 0 unspecified atom stereocenters. The van der Waals surface area contributed by atoms with Crippen LogP contribution in [0.3, 0.4) is 0 Å². The highest BCUT2D eigenvalue weighted by atomic mass is 32.2. The predicted octanol–water partition coefficient (Wildman–Crippen LogP) is 4.38. The molecule has 2 aromatic carbocycles. The molecule has 0 aliphatic rings. The van der Waals surface area contributed by atoms with Gasteiger partial charge in [-0.2, -0.15) is 0 Å². The highest BCUT2D eigenvalue weighted by molar-refractivity contribution is 7.99. The molecule has 0 atom stereocenters. The van der Waals surface area contributed by atoms with Crippen LogP contribution >= 0.6 is 11.8 Å². The van der Waals surface area contributed by atoms with Gasteiger partial charge in [-0.3, -0.25) is 0 Å². The van der Waals surface area contributed by atoms with E-state index in [1.165, 1.54) is 16.1 Å². The number of oxazole rings is 1. The number of aromatic nitrogens is 1. The van der Waals surface area contributed by atoms with Crippen molar-refractivity contribution in [1.29, 1.82) is 0 Å². The van der Waals surface area contributed by atoms with Crippen LogP contribution in [0.2, 0.25) is 0 Å². The fraction of sp³-hybridized carbons (Fsp3) is 0.250. The van der Waals surface area contributed by atoms with Crippen molar-refractivity contribution >= 4 is 21.8 Å². The largest absolute Gasteiger partial charge is 0.431 e. The summed E-state index contributed by atoms with van der Waals surface area (Å²) < 4.78 is 31.0.